The number of hydrogen-bond acceptors (Lipinski definition) is 4. The maximum absolute atomic E-state index is 13.7. The Labute approximate surface area is 153 Å². The van der Waals surface area contributed by atoms with Gasteiger partial charge in [0.05, 0.1) is 18.8 Å². The van der Waals surface area contributed by atoms with Crippen LogP contribution in [-0.2, 0) is 19.6 Å². The summed E-state index contributed by atoms with van der Waals surface area (Å²) < 4.78 is 57.3. The van der Waals surface area contributed by atoms with Crippen molar-refractivity contribution >= 4 is 16.0 Å². The number of benzene rings is 1. The van der Waals surface area contributed by atoms with Gasteiger partial charge in [-0.2, -0.15) is 0 Å². The highest BCUT2D eigenvalue weighted by Gasteiger charge is 2.32. The third-order valence-electron chi connectivity index (χ3n) is 4.60. The molecule has 0 spiro atoms. The van der Waals surface area contributed by atoms with Crippen molar-refractivity contribution in [3.63, 3.8) is 0 Å². The zero-order valence-corrected chi connectivity index (χ0v) is 16.1. The molecule has 1 aliphatic rings. The van der Waals surface area contributed by atoms with Crippen LogP contribution < -0.4 is 0 Å². The number of sulfonamides is 1. The molecule has 1 heterocycles. The van der Waals surface area contributed by atoms with Crippen LogP contribution in [0.4, 0.5) is 8.78 Å². The molecule has 0 bridgehead atoms. The van der Waals surface area contributed by atoms with Gasteiger partial charge in [0.15, 0.2) is 0 Å². The second-order valence-electron chi connectivity index (χ2n) is 7.05. The highest BCUT2D eigenvalue weighted by atomic mass is 32.2. The van der Waals surface area contributed by atoms with Crippen molar-refractivity contribution in [3.8, 4) is 0 Å². The van der Waals surface area contributed by atoms with Crippen molar-refractivity contribution < 1.29 is 26.7 Å². The molecular formula is C18H25F2NO4S. The Kier molecular flexibility index (Phi) is 6.74. The van der Waals surface area contributed by atoms with Crippen molar-refractivity contribution in [2.24, 2.45) is 5.92 Å². The van der Waals surface area contributed by atoms with E-state index < -0.39 is 33.5 Å². The van der Waals surface area contributed by atoms with E-state index in [1.165, 1.54) is 16.4 Å². The van der Waals surface area contributed by atoms with Gasteiger partial charge in [0.1, 0.15) is 11.6 Å². The monoisotopic (exact) mass is 389 g/mol. The fraction of sp³-hybridized carbons (Fsp3) is 0.611. The lowest BCUT2D eigenvalue weighted by atomic mass is 9.78. The van der Waals surface area contributed by atoms with Gasteiger partial charge in [-0.1, -0.05) is 0 Å². The van der Waals surface area contributed by atoms with Crippen molar-refractivity contribution in [1.82, 2.24) is 4.31 Å². The molecule has 8 heteroatoms. The Balaban J connectivity index is 2.22. The molecule has 0 saturated carbocycles. The molecule has 1 fully saturated rings. The summed E-state index contributed by atoms with van der Waals surface area (Å²) in [6, 6.07) is 3.26. The second kappa shape index (κ2) is 8.43. The smallest absolute Gasteiger partial charge is 0.306 e. The quantitative estimate of drug-likeness (QED) is 0.702. The van der Waals surface area contributed by atoms with Gasteiger partial charge in [-0.3, -0.25) is 4.79 Å². The van der Waals surface area contributed by atoms with Crippen molar-refractivity contribution in [2.75, 3.05) is 19.3 Å². The summed E-state index contributed by atoms with van der Waals surface area (Å²) in [6.45, 7) is 4.13. The topological polar surface area (TPSA) is 63.7 Å². The van der Waals surface area contributed by atoms with E-state index >= 15 is 0 Å². The highest BCUT2D eigenvalue weighted by Crippen LogP contribution is 2.36. The lowest BCUT2D eigenvalue weighted by Gasteiger charge is -2.35. The first-order chi connectivity index (χ1) is 12.1. The average molecular weight is 389 g/mol. The number of nitrogens with zero attached hydrogens (tertiary/aromatic N) is 1. The average Bonchev–Trinajstić information content (AvgIpc) is 2.50. The van der Waals surface area contributed by atoms with Gasteiger partial charge in [-0.15, -0.1) is 0 Å². The molecule has 1 aromatic rings. The van der Waals surface area contributed by atoms with Crippen LogP contribution in [-0.4, -0.2) is 44.1 Å². The third kappa shape index (κ3) is 5.74. The summed E-state index contributed by atoms with van der Waals surface area (Å²) in [5.74, 6) is -2.31. The number of carbonyl (C=O) groups is 1. The van der Waals surface area contributed by atoms with Gasteiger partial charge in [0.25, 0.3) is 0 Å². The van der Waals surface area contributed by atoms with E-state index in [0.29, 0.717) is 31.5 Å². The number of piperidine rings is 1. The predicted molar refractivity (Wildman–Crippen MR) is 94.1 cm³/mol. The largest absolute Gasteiger partial charge is 0.463 e. The van der Waals surface area contributed by atoms with Crippen LogP contribution in [0, 0.1) is 17.6 Å². The molecule has 1 aliphatic heterocycles. The number of carbonyl (C=O) groups excluding carboxylic acids is 1. The Bertz CT molecular complexity index is 723. The molecule has 2 rings (SSSR count). The first-order valence-corrected chi connectivity index (χ1v) is 10.5. The Morgan fingerprint density at radius 3 is 2.19 bits per heavy atom. The Hall–Kier alpha value is -1.54. The molecule has 1 saturated heterocycles. The first-order valence-electron chi connectivity index (χ1n) is 8.67. The Morgan fingerprint density at radius 2 is 1.73 bits per heavy atom. The first kappa shape index (κ1) is 20.8. The van der Waals surface area contributed by atoms with E-state index in [4.69, 9.17) is 4.74 Å². The summed E-state index contributed by atoms with van der Waals surface area (Å²) in [5, 5.41) is 0. The molecule has 0 aliphatic carbocycles. The van der Waals surface area contributed by atoms with Crippen molar-refractivity contribution in [3.05, 3.63) is 35.4 Å². The summed E-state index contributed by atoms with van der Waals surface area (Å²) >= 11 is 0. The summed E-state index contributed by atoms with van der Waals surface area (Å²) in [7, 11) is -3.27. The van der Waals surface area contributed by atoms with Crippen LogP contribution in [0.3, 0.4) is 0 Å². The molecular weight excluding hydrogens is 364 g/mol. The SMILES string of the molecule is CC(C)OC(=O)C[C@@H](c1cc(F)cc(F)c1)C1CCN(S(C)(=O)=O)CC1. The van der Waals surface area contributed by atoms with E-state index in [0.717, 1.165) is 12.3 Å². The fourth-order valence-corrected chi connectivity index (χ4v) is 4.32. The van der Waals surface area contributed by atoms with Crippen LogP contribution in [0.2, 0.25) is 0 Å². The molecule has 0 amide bonds. The Morgan fingerprint density at radius 1 is 1.19 bits per heavy atom. The van der Waals surface area contributed by atoms with E-state index in [1.54, 1.807) is 13.8 Å². The molecule has 146 valence electrons. The number of ether oxygens (including phenoxy) is 1. The molecule has 0 N–H and O–H groups in total. The van der Waals surface area contributed by atoms with Crippen LogP contribution in [0.15, 0.2) is 18.2 Å². The van der Waals surface area contributed by atoms with Gasteiger partial charge in [-0.05, 0) is 56.2 Å². The van der Waals surface area contributed by atoms with Crippen LogP contribution >= 0.6 is 0 Å². The molecule has 0 radical (unpaired) electrons. The minimum atomic E-state index is -3.27. The van der Waals surface area contributed by atoms with E-state index in [-0.39, 0.29) is 18.4 Å². The molecule has 1 aromatic carbocycles. The minimum absolute atomic E-state index is 0.00458. The number of esters is 1. The second-order valence-corrected chi connectivity index (χ2v) is 9.03. The maximum atomic E-state index is 13.7. The molecule has 0 unspecified atom stereocenters. The zero-order chi connectivity index (χ0) is 19.5. The standard InChI is InChI=1S/C18H25F2NO4S/c1-12(2)25-18(22)11-17(14-8-15(19)10-16(20)9-14)13-4-6-21(7-5-13)26(3,23)24/h8-10,12-13,17H,4-7,11H2,1-3H3/t17-/m1/s1. The number of hydrogen-bond donors (Lipinski definition) is 0. The minimum Gasteiger partial charge on any atom is -0.463 e. The lowest BCUT2D eigenvalue weighted by molar-refractivity contribution is -0.148. The molecule has 5 nitrogen and oxygen atoms in total. The van der Waals surface area contributed by atoms with Crippen LogP contribution in [0.1, 0.15) is 44.6 Å². The fourth-order valence-electron chi connectivity index (χ4n) is 3.45. The highest BCUT2D eigenvalue weighted by molar-refractivity contribution is 7.88. The number of halogens is 2. The third-order valence-corrected chi connectivity index (χ3v) is 5.91. The van der Waals surface area contributed by atoms with Crippen LogP contribution in [0.5, 0.6) is 0 Å². The van der Waals surface area contributed by atoms with Gasteiger partial charge in [0, 0.05) is 19.2 Å². The molecule has 26 heavy (non-hydrogen) atoms. The zero-order valence-electron chi connectivity index (χ0n) is 15.2. The summed E-state index contributed by atoms with van der Waals surface area (Å²) in [5.41, 5.74) is 0.404. The molecule has 0 aromatic heterocycles. The van der Waals surface area contributed by atoms with Gasteiger partial charge in [-0.25, -0.2) is 21.5 Å². The van der Waals surface area contributed by atoms with Crippen molar-refractivity contribution in [1.29, 1.82) is 0 Å². The summed E-state index contributed by atoms with van der Waals surface area (Å²) in [4.78, 5) is 12.2. The number of rotatable bonds is 6. The normalized spacial score (nSPS) is 18.1. The summed E-state index contributed by atoms with van der Waals surface area (Å²) in [6.07, 6.45) is 1.92. The predicted octanol–water partition coefficient (Wildman–Crippen LogP) is 3.06. The van der Waals surface area contributed by atoms with E-state index in [2.05, 4.69) is 0 Å². The molecule has 1 atom stereocenters. The van der Waals surface area contributed by atoms with Crippen LogP contribution in [0.25, 0.3) is 0 Å². The van der Waals surface area contributed by atoms with Crippen molar-refractivity contribution in [2.45, 2.75) is 45.1 Å². The maximum Gasteiger partial charge on any atom is 0.306 e. The van der Waals surface area contributed by atoms with Gasteiger partial charge >= 0.3 is 5.97 Å². The van der Waals surface area contributed by atoms with Gasteiger partial charge < -0.3 is 4.74 Å². The van der Waals surface area contributed by atoms with E-state index in [9.17, 15) is 22.0 Å². The van der Waals surface area contributed by atoms with E-state index in [1.807, 2.05) is 0 Å². The van der Waals surface area contributed by atoms with Gasteiger partial charge in [0.2, 0.25) is 10.0 Å². The lowest BCUT2D eigenvalue weighted by Crippen LogP contribution is -2.39.